The fraction of sp³-hybridized carbons (Fsp3) is 0.143. The Morgan fingerprint density at radius 2 is 1.83 bits per heavy atom. The quantitative estimate of drug-likeness (QED) is 0.551. The molecule has 2 nitrogen and oxygen atoms in total. The van der Waals surface area contributed by atoms with Crippen molar-refractivity contribution in [3.63, 3.8) is 0 Å². The number of hydrogen-bond acceptors (Lipinski definition) is 2. The van der Waals surface area contributed by atoms with Crippen LogP contribution < -0.4 is 0 Å². The molecule has 66 valence electrons. The van der Waals surface area contributed by atoms with Crippen molar-refractivity contribution < 1.29 is 14.6 Å². The third-order valence-corrected chi connectivity index (χ3v) is 2.12. The Kier molecular flexibility index (Phi) is 2.90. The van der Waals surface area contributed by atoms with Crippen molar-refractivity contribution in [1.82, 2.24) is 0 Å². The molecule has 0 radical (unpaired) electrons. The molecule has 1 rings (SSSR count). The van der Waals surface area contributed by atoms with Crippen molar-refractivity contribution in [2.45, 2.75) is 6.29 Å². The van der Waals surface area contributed by atoms with E-state index in [1.165, 1.54) is 6.07 Å². The first-order valence-corrected chi connectivity index (χ1v) is 3.79. The number of rotatable bonds is 1. The lowest BCUT2D eigenvalue weighted by Gasteiger charge is -2.06. The highest BCUT2D eigenvalue weighted by Crippen LogP contribution is 2.29. The standard InChI is InChI=1S/C7H5Cl2FO2/c8-4-2-1-3(7(11)12)6(10)5(4)9/h1-2,7,11-12H. The average Bonchev–Trinajstić information content (AvgIpc) is 2.00. The largest absolute Gasteiger partial charge is 0.364 e. The van der Waals surface area contributed by atoms with E-state index >= 15 is 0 Å². The van der Waals surface area contributed by atoms with Gasteiger partial charge in [0.05, 0.1) is 10.0 Å². The summed E-state index contributed by atoms with van der Waals surface area (Å²) in [5.41, 5.74) is -0.288. The third kappa shape index (κ3) is 1.69. The number of aliphatic hydroxyl groups is 2. The van der Waals surface area contributed by atoms with Gasteiger partial charge in [-0.3, -0.25) is 0 Å². The molecule has 0 aliphatic carbocycles. The summed E-state index contributed by atoms with van der Waals surface area (Å²) >= 11 is 10.9. The molecule has 5 heteroatoms. The van der Waals surface area contributed by atoms with Crippen molar-refractivity contribution in [1.29, 1.82) is 0 Å². The molecule has 2 N–H and O–H groups in total. The van der Waals surface area contributed by atoms with E-state index in [4.69, 9.17) is 33.4 Å². The SMILES string of the molecule is OC(O)c1ccc(Cl)c(Cl)c1F. The number of aliphatic hydroxyl groups excluding tert-OH is 1. The van der Waals surface area contributed by atoms with Gasteiger partial charge in [-0.2, -0.15) is 0 Å². The molecule has 0 spiro atoms. The van der Waals surface area contributed by atoms with E-state index < -0.39 is 12.1 Å². The Labute approximate surface area is 78.2 Å². The molecule has 0 saturated carbocycles. The fourth-order valence-electron chi connectivity index (χ4n) is 0.740. The van der Waals surface area contributed by atoms with Gasteiger partial charge in [0, 0.05) is 5.56 Å². The summed E-state index contributed by atoms with van der Waals surface area (Å²) in [6.45, 7) is 0. The summed E-state index contributed by atoms with van der Waals surface area (Å²) in [5.74, 6) is -0.904. The van der Waals surface area contributed by atoms with Gasteiger partial charge in [-0.15, -0.1) is 0 Å². The van der Waals surface area contributed by atoms with E-state index in [0.29, 0.717) is 0 Å². The lowest BCUT2D eigenvalue weighted by atomic mass is 10.2. The lowest BCUT2D eigenvalue weighted by Crippen LogP contribution is -1.99. The molecule has 0 aliphatic rings. The van der Waals surface area contributed by atoms with E-state index in [2.05, 4.69) is 0 Å². The van der Waals surface area contributed by atoms with Crippen LogP contribution in [-0.4, -0.2) is 10.2 Å². The first-order chi connectivity index (χ1) is 5.54. The van der Waals surface area contributed by atoms with Crippen LogP contribution >= 0.6 is 23.2 Å². The van der Waals surface area contributed by atoms with Crippen LogP contribution in [0.25, 0.3) is 0 Å². The molecular formula is C7H5Cl2FO2. The second-order valence-corrected chi connectivity index (χ2v) is 2.92. The zero-order chi connectivity index (χ0) is 9.30. The highest BCUT2D eigenvalue weighted by Gasteiger charge is 2.14. The maximum Gasteiger partial charge on any atom is 0.181 e. The van der Waals surface area contributed by atoms with E-state index in [0.717, 1.165) is 6.07 Å². The van der Waals surface area contributed by atoms with E-state index in [-0.39, 0.29) is 15.6 Å². The van der Waals surface area contributed by atoms with Gasteiger partial charge in [0.1, 0.15) is 0 Å². The van der Waals surface area contributed by atoms with Crippen LogP contribution in [0.1, 0.15) is 11.9 Å². The minimum Gasteiger partial charge on any atom is -0.364 e. The zero-order valence-corrected chi connectivity index (χ0v) is 7.27. The van der Waals surface area contributed by atoms with Crippen LogP contribution in [0.4, 0.5) is 4.39 Å². The van der Waals surface area contributed by atoms with Crippen LogP contribution in [0.3, 0.4) is 0 Å². The van der Waals surface area contributed by atoms with E-state index in [9.17, 15) is 4.39 Å². The highest BCUT2D eigenvalue weighted by molar-refractivity contribution is 6.42. The van der Waals surface area contributed by atoms with Crippen molar-refractivity contribution in [2.75, 3.05) is 0 Å². The third-order valence-electron chi connectivity index (χ3n) is 1.34. The predicted molar refractivity (Wildman–Crippen MR) is 43.6 cm³/mol. The smallest absolute Gasteiger partial charge is 0.181 e. The van der Waals surface area contributed by atoms with Gasteiger partial charge >= 0.3 is 0 Å². The topological polar surface area (TPSA) is 40.5 Å². The van der Waals surface area contributed by atoms with Crippen LogP contribution in [0, 0.1) is 5.82 Å². The van der Waals surface area contributed by atoms with Gasteiger partial charge in [-0.1, -0.05) is 23.2 Å². The van der Waals surface area contributed by atoms with Gasteiger partial charge in [-0.05, 0) is 12.1 Å². The average molecular weight is 211 g/mol. The Bertz CT molecular complexity index is 302. The van der Waals surface area contributed by atoms with Gasteiger partial charge < -0.3 is 10.2 Å². The molecule has 0 saturated heterocycles. The molecule has 0 atom stereocenters. The monoisotopic (exact) mass is 210 g/mol. The maximum absolute atomic E-state index is 13.0. The highest BCUT2D eigenvalue weighted by atomic mass is 35.5. The van der Waals surface area contributed by atoms with Crippen molar-refractivity contribution >= 4 is 23.2 Å². The summed E-state index contributed by atoms with van der Waals surface area (Å²) in [5, 5.41) is 17.0. The summed E-state index contributed by atoms with van der Waals surface area (Å²) in [7, 11) is 0. The van der Waals surface area contributed by atoms with Crippen LogP contribution in [0.5, 0.6) is 0 Å². The van der Waals surface area contributed by atoms with E-state index in [1.54, 1.807) is 0 Å². The van der Waals surface area contributed by atoms with Crippen molar-refractivity contribution in [3.8, 4) is 0 Å². The summed E-state index contributed by atoms with van der Waals surface area (Å²) in [6, 6.07) is 2.45. The van der Waals surface area contributed by atoms with E-state index in [1.807, 2.05) is 0 Å². The molecular weight excluding hydrogens is 206 g/mol. The molecule has 12 heavy (non-hydrogen) atoms. The molecule has 0 unspecified atom stereocenters. The van der Waals surface area contributed by atoms with Crippen molar-refractivity contribution in [2.24, 2.45) is 0 Å². The van der Waals surface area contributed by atoms with Gasteiger partial charge in [0.2, 0.25) is 0 Å². The van der Waals surface area contributed by atoms with Crippen molar-refractivity contribution in [3.05, 3.63) is 33.6 Å². The zero-order valence-electron chi connectivity index (χ0n) is 5.76. The Morgan fingerprint density at radius 1 is 1.25 bits per heavy atom. The Balaban J connectivity index is 3.27. The van der Waals surface area contributed by atoms with Gasteiger partial charge in [-0.25, -0.2) is 4.39 Å². The molecule has 0 heterocycles. The predicted octanol–water partition coefficient (Wildman–Crippen LogP) is 2.12. The minimum atomic E-state index is -1.88. The first kappa shape index (κ1) is 9.74. The molecule has 1 aromatic carbocycles. The van der Waals surface area contributed by atoms with Crippen LogP contribution in [-0.2, 0) is 0 Å². The summed E-state index contributed by atoms with van der Waals surface area (Å²) in [4.78, 5) is 0. The Morgan fingerprint density at radius 3 is 2.33 bits per heavy atom. The molecule has 0 aromatic heterocycles. The van der Waals surface area contributed by atoms with Crippen LogP contribution in [0.2, 0.25) is 10.0 Å². The molecule has 0 amide bonds. The maximum atomic E-state index is 13.0. The molecule has 1 aromatic rings. The normalized spacial score (nSPS) is 10.8. The fourth-order valence-corrected chi connectivity index (χ4v) is 1.06. The lowest BCUT2D eigenvalue weighted by molar-refractivity contribution is -0.0449. The number of halogens is 3. The Hall–Kier alpha value is -0.350. The first-order valence-electron chi connectivity index (χ1n) is 3.03. The summed E-state index contributed by atoms with van der Waals surface area (Å²) < 4.78 is 13.0. The van der Waals surface area contributed by atoms with Crippen LogP contribution in [0.15, 0.2) is 12.1 Å². The number of benzene rings is 1. The second-order valence-electron chi connectivity index (χ2n) is 2.14. The van der Waals surface area contributed by atoms with Gasteiger partial charge in [0.25, 0.3) is 0 Å². The molecule has 0 aliphatic heterocycles. The molecule has 0 fully saturated rings. The summed E-state index contributed by atoms with van der Waals surface area (Å²) in [6.07, 6.45) is -1.88. The van der Waals surface area contributed by atoms with Gasteiger partial charge in [0.15, 0.2) is 12.1 Å². The molecule has 0 bridgehead atoms. The second kappa shape index (κ2) is 3.58. The number of hydrogen-bond donors (Lipinski definition) is 2. The minimum absolute atomic E-state index is 0.0403.